The average molecular weight is 466 g/mol. The van der Waals surface area contributed by atoms with Crippen molar-refractivity contribution < 1.29 is 14.3 Å². The van der Waals surface area contributed by atoms with E-state index in [1.165, 1.54) is 14.2 Å². The van der Waals surface area contributed by atoms with Crippen LogP contribution >= 0.6 is 0 Å². The van der Waals surface area contributed by atoms with Crippen molar-refractivity contribution in [3.63, 3.8) is 0 Å². The molecule has 1 aromatic carbocycles. The molecule has 0 spiro atoms. The number of nitrogens with zero attached hydrogens (tertiary/aromatic N) is 6. The summed E-state index contributed by atoms with van der Waals surface area (Å²) >= 11 is 0. The molecule has 0 bridgehead atoms. The minimum Gasteiger partial charge on any atom is -0.494 e. The number of hydrogen-bond acceptors (Lipinski definition) is 8. The van der Waals surface area contributed by atoms with Crippen molar-refractivity contribution in [3.8, 4) is 17.1 Å². The number of nitrogens with one attached hydrogen (secondary N) is 3. The van der Waals surface area contributed by atoms with E-state index in [-0.39, 0.29) is 23.0 Å². The molecule has 3 heterocycles. The van der Waals surface area contributed by atoms with Crippen molar-refractivity contribution in [2.75, 3.05) is 37.9 Å². The number of amides is 3. The summed E-state index contributed by atoms with van der Waals surface area (Å²) in [6.45, 7) is 5.50. The number of hydrogen-bond donors (Lipinski definition) is 3. The molecule has 1 aliphatic rings. The number of likely N-dealkylation sites (tertiary alicyclic amines) is 1. The Labute approximate surface area is 196 Å². The fourth-order valence-corrected chi connectivity index (χ4v) is 3.79. The predicted molar refractivity (Wildman–Crippen MR) is 126 cm³/mol. The zero-order valence-electron chi connectivity index (χ0n) is 19.7. The van der Waals surface area contributed by atoms with Crippen molar-refractivity contribution in [1.29, 1.82) is 0 Å². The van der Waals surface area contributed by atoms with Crippen LogP contribution in [0.2, 0.25) is 0 Å². The van der Waals surface area contributed by atoms with Crippen LogP contribution in [0.1, 0.15) is 24.3 Å². The van der Waals surface area contributed by atoms with Crippen molar-refractivity contribution >= 4 is 29.1 Å². The molecular weight excluding hydrogens is 438 g/mol. The van der Waals surface area contributed by atoms with E-state index < -0.39 is 5.91 Å². The second kappa shape index (κ2) is 8.96. The van der Waals surface area contributed by atoms with Gasteiger partial charge < -0.3 is 20.3 Å². The number of ether oxygens (including phenoxy) is 1. The molecular formula is C22H27N9O3. The topological polar surface area (TPSA) is 139 Å². The first-order valence-corrected chi connectivity index (χ1v) is 10.7. The molecule has 1 fully saturated rings. The van der Waals surface area contributed by atoms with Crippen LogP contribution in [0.15, 0.2) is 30.6 Å². The number of rotatable bonds is 6. The summed E-state index contributed by atoms with van der Waals surface area (Å²) in [6, 6.07) is 6.74. The Balaban J connectivity index is 1.65. The van der Waals surface area contributed by atoms with Gasteiger partial charge in [-0.05, 0) is 12.1 Å². The van der Waals surface area contributed by atoms with Crippen LogP contribution < -0.4 is 20.7 Å². The summed E-state index contributed by atoms with van der Waals surface area (Å²) in [6.07, 6.45) is 1.60. The first kappa shape index (κ1) is 23.0. The van der Waals surface area contributed by atoms with Gasteiger partial charge in [-0.25, -0.2) is 9.78 Å². The van der Waals surface area contributed by atoms with Crippen LogP contribution in [0, 0.1) is 5.41 Å². The van der Waals surface area contributed by atoms with Gasteiger partial charge in [0.25, 0.3) is 5.91 Å². The largest absolute Gasteiger partial charge is 0.494 e. The fourth-order valence-electron chi connectivity index (χ4n) is 3.79. The summed E-state index contributed by atoms with van der Waals surface area (Å²) < 4.78 is 7.24. The number of benzene rings is 1. The summed E-state index contributed by atoms with van der Waals surface area (Å²) in [5.74, 6) is 0.764. The van der Waals surface area contributed by atoms with Crippen molar-refractivity contribution in [1.82, 2.24) is 35.2 Å². The van der Waals surface area contributed by atoms with E-state index in [1.54, 1.807) is 35.1 Å². The molecule has 34 heavy (non-hydrogen) atoms. The van der Waals surface area contributed by atoms with Crippen LogP contribution in [-0.2, 0) is 7.05 Å². The van der Waals surface area contributed by atoms with Crippen molar-refractivity contribution in [2.24, 2.45) is 12.5 Å². The highest BCUT2D eigenvalue weighted by Crippen LogP contribution is 2.37. The molecule has 1 saturated heterocycles. The van der Waals surface area contributed by atoms with Crippen LogP contribution in [0.4, 0.5) is 22.0 Å². The molecule has 12 heteroatoms. The van der Waals surface area contributed by atoms with Crippen LogP contribution in [0.5, 0.6) is 5.75 Å². The third-order valence-corrected chi connectivity index (χ3v) is 5.33. The second-order valence-corrected chi connectivity index (χ2v) is 8.77. The average Bonchev–Trinajstić information content (AvgIpc) is 3.23. The highest BCUT2D eigenvalue weighted by Gasteiger charge is 2.37. The van der Waals surface area contributed by atoms with Crippen molar-refractivity contribution in [3.05, 3.63) is 36.3 Å². The standard InChI is InChI=1S/C22H27N9O3/c1-22(2)10-31(11-22)21(33)26-16-9-15(17(28-27-16)20(32)23-3)25-14-8-6-7-13(18(14)34-5)19-24-12-30(4)29-19/h6-9,12H,10-11H2,1-5H3,(H,23,32)(H2,25,26,27,33). The molecule has 2 aromatic heterocycles. The maximum atomic E-state index is 12.5. The molecule has 0 aliphatic carbocycles. The Morgan fingerprint density at radius 3 is 2.53 bits per heavy atom. The van der Waals surface area contributed by atoms with E-state index in [2.05, 4.69) is 50.1 Å². The molecule has 0 radical (unpaired) electrons. The van der Waals surface area contributed by atoms with E-state index in [1.807, 2.05) is 12.1 Å². The van der Waals surface area contributed by atoms with Gasteiger partial charge in [-0.15, -0.1) is 10.2 Å². The Kier molecular flexibility index (Phi) is 6.05. The number of carbonyl (C=O) groups excluding carboxylic acids is 2. The van der Waals surface area contributed by atoms with E-state index in [0.717, 1.165) is 0 Å². The van der Waals surface area contributed by atoms with E-state index >= 15 is 0 Å². The monoisotopic (exact) mass is 465 g/mol. The lowest BCUT2D eigenvalue weighted by molar-refractivity contribution is 0.0687. The third-order valence-electron chi connectivity index (χ3n) is 5.33. The normalized spacial score (nSPS) is 14.2. The predicted octanol–water partition coefficient (Wildman–Crippen LogP) is 2.26. The van der Waals surface area contributed by atoms with Gasteiger partial charge >= 0.3 is 6.03 Å². The fraction of sp³-hybridized carbons (Fsp3) is 0.364. The van der Waals surface area contributed by atoms with Gasteiger partial charge in [0.1, 0.15) is 6.33 Å². The molecule has 178 valence electrons. The van der Waals surface area contributed by atoms with Crippen LogP contribution in [0.25, 0.3) is 11.4 Å². The van der Waals surface area contributed by atoms with Gasteiger partial charge in [-0.1, -0.05) is 19.9 Å². The molecule has 0 saturated carbocycles. The number of anilines is 3. The zero-order valence-corrected chi connectivity index (χ0v) is 19.7. The highest BCUT2D eigenvalue weighted by atomic mass is 16.5. The minimum atomic E-state index is -0.432. The molecule has 3 amide bonds. The number of para-hydroxylation sites is 1. The maximum absolute atomic E-state index is 12.5. The molecule has 4 rings (SSSR count). The lowest BCUT2D eigenvalue weighted by Gasteiger charge is -2.45. The first-order valence-electron chi connectivity index (χ1n) is 10.7. The molecule has 0 atom stereocenters. The summed E-state index contributed by atoms with van der Waals surface area (Å²) in [7, 11) is 4.82. The molecule has 12 nitrogen and oxygen atoms in total. The Morgan fingerprint density at radius 1 is 1.15 bits per heavy atom. The Bertz CT molecular complexity index is 1230. The lowest BCUT2D eigenvalue weighted by Crippen LogP contribution is -2.56. The first-order chi connectivity index (χ1) is 16.2. The SMILES string of the molecule is CNC(=O)c1nnc(NC(=O)N2CC(C)(C)C2)cc1Nc1cccc(-c2ncn(C)n2)c1OC. The van der Waals surface area contributed by atoms with Crippen LogP contribution in [0.3, 0.4) is 0 Å². The van der Waals surface area contributed by atoms with Gasteiger partial charge in [0.05, 0.1) is 24.0 Å². The minimum absolute atomic E-state index is 0.0639. The molecule has 1 aliphatic heterocycles. The second-order valence-electron chi connectivity index (χ2n) is 8.77. The van der Waals surface area contributed by atoms with Gasteiger partial charge in [-0.2, -0.15) is 5.10 Å². The van der Waals surface area contributed by atoms with Crippen LogP contribution in [-0.4, -0.2) is 69.0 Å². The maximum Gasteiger partial charge on any atom is 0.323 e. The van der Waals surface area contributed by atoms with E-state index in [9.17, 15) is 9.59 Å². The molecule has 0 unspecified atom stereocenters. The number of carbonyl (C=O) groups is 2. The summed E-state index contributed by atoms with van der Waals surface area (Å²) in [4.78, 5) is 31.0. The van der Waals surface area contributed by atoms with Gasteiger partial charge in [0.2, 0.25) is 0 Å². The number of aromatic nitrogens is 5. The number of urea groups is 1. The molecule has 3 aromatic rings. The Hall–Kier alpha value is -4.22. The van der Waals surface area contributed by atoms with E-state index in [4.69, 9.17) is 4.74 Å². The quantitative estimate of drug-likeness (QED) is 0.504. The number of methoxy groups -OCH3 is 1. The summed E-state index contributed by atoms with van der Waals surface area (Å²) in [5, 5.41) is 20.9. The Morgan fingerprint density at radius 2 is 1.91 bits per heavy atom. The lowest BCUT2D eigenvalue weighted by atomic mass is 9.85. The third kappa shape index (κ3) is 4.60. The van der Waals surface area contributed by atoms with Crippen molar-refractivity contribution in [2.45, 2.75) is 13.8 Å². The summed E-state index contributed by atoms with van der Waals surface area (Å²) in [5.41, 5.74) is 1.74. The van der Waals surface area contributed by atoms with E-state index in [0.29, 0.717) is 41.6 Å². The smallest absolute Gasteiger partial charge is 0.323 e. The van der Waals surface area contributed by atoms with Gasteiger partial charge in [0, 0.05) is 38.7 Å². The zero-order chi connectivity index (χ0) is 24.5. The van der Waals surface area contributed by atoms with Gasteiger partial charge in [0.15, 0.2) is 23.1 Å². The highest BCUT2D eigenvalue weighted by molar-refractivity contribution is 5.99. The number of aryl methyl sites for hydroxylation is 1. The van der Waals surface area contributed by atoms with Gasteiger partial charge in [-0.3, -0.25) is 14.8 Å². The molecule has 3 N–H and O–H groups in total.